The maximum Gasteiger partial charge on any atom is 0.459 e. The zero-order chi connectivity index (χ0) is 29.5. The molecule has 0 spiro atoms. The Morgan fingerprint density at radius 2 is 1.98 bits per heavy atom. The van der Waals surface area contributed by atoms with Gasteiger partial charge in [0.1, 0.15) is 42.0 Å². The molecule has 14 nitrogen and oxygen atoms in total. The van der Waals surface area contributed by atoms with E-state index in [4.69, 9.17) is 24.3 Å². The van der Waals surface area contributed by atoms with E-state index in [0.717, 1.165) is 19.0 Å². The number of nitrogens with one attached hydrogen (secondary N) is 1. The molecule has 0 amide bonds. The summed E-state index contributed by atoms with van der Waals surface area (Å²) in [5.41, 5.74) is 2.12. The Morgan fingerprint density at radius 1 is 1.30 bits per heavy atom. The van der Waals surface area contributed by atoms with E-state index in [1.807, 2.05) is 13.8 Å². The van der Waals surface area contributed by atoms with Gasteiger partial charge in [0, 0.05) is 6.20 Å². The topological polar surface area (TPSA) is 208 Å². The number of hydrogen-bond acceptors (Lipinski definition) is 12. The van der Waals surface area contributed by atoms with Crippen molar-refractivity contribution >= 4 is 19.5 Å². The third-order valence-electron chi connectivity index (χ3n) is 6.48. The second-order valence-electron chi connectivity index (χ2n) is 9.27. The van der Waals surface area contributed by atoms with Gasteiger partial charge < -0.3 is 29.9 Å². The highest BCUT2D eigenvalue weighted by atomic mass is 31.2. The fourth-order valence-corrected chi connectivity index (χ4v) is 5.48. The molecule has 0 bridgehead atoms. The summed E-state index contributed by atoms with van der Waals surface area (Å²) in [6.07, 6.45) is -2.39. The molecular weight excluding hydrogens is 545 g/mol. The van der Waals surface area contributed by atoms with Gasteiger partial charge in [-0.05, 0) is 31.0 Å². The van der Waals surface area contributed by atoms with Crippen LogP contribution in [0.15, 0.2) is 47.4 Å². The number of aliphatic hydroxyl groups excluding tert-OH is 2. The van der Waals surface area contributed by atoms with Crippen LogP contribution in [-0.4, -0.2) is 63.3 Å². The molecule has 5 N–H and O–H groups in total. The van der Waals surface area contributed by atoms with Gasteiger partial charge in [0.2, 0.25) is 0 Å². The predicted octanol–water partition coefficient (Wildman–Crippen LogP) is 1.28. The highest BCUT2D eigenvalue weighted by molar-refractivity contribution is 7.52. The third kappa shape index (κ3) is 7.06. The standard InChI is InChI=1S/C25H34N5O9P/c1-4-17(5-2)13-36-23(33)16(3)29-40(35,39-18-9-7-6-8-10-18)37-14-19-21(31)22(32)25(15-26,38-19)30-12-11-20(27)28-24(30)34/h6-12,16-17,19,21-22,31-32H,4-5,13-14H2,1-3H3,(H,29,35)(H2,27,28,34)/t16-,19+,21+,22+,25+,40?/m0/s1. The molecule has 1 aromatic carbocycles. The lowest BCUT2D eigenvalue weighted by atomic mass is 10.0. The van der Waals surface area contributed by atoms with Crippen LogP contribution >= 0.6 is 7.75 Å². The van der Waals surface area contributed by atoms with Crippen LogP contribution in [0.1, 0.15) is 33.6 Å². The number of aromatic nitrogens is 2. The summed E-state index contributed by atoms with van der Waals surface area (Å²) >= 11 is 0. The SMILES string of the molecule is CCC(CC)COC(=O)[C@H](C)NP(=O)(OC[C@H]1O[C@@](C#N)(n2ccc(N)nc2=O)[C@H](O)[C@@H]1O)Oc1ccccc1. The maximum absolute atomic E-state index is 13.8. The molecule has 218 valence electrons. The number of nitrogen functional groups attached to an aromatic ring is 1. The van der Waals surface area contributed by atoms with Gasteiger partial charge in [-0.2, -0.15) is 15.3 Å². The van der Waals surface area contributed by atoms with Crippen molar-refractivity contribution in [2.24, 2.45) is 5.92 Å². The summed E-state index contributed by atoms with van der Waals surface area (Å²) in [6, 6.07) is 9.79. The van der Waals surface area contributed by atoms with Crippen molar-refractivity contribution in [3.8, 4) is 11.8 Å². The van der Waals surface area contributed by atoms with E-state index in [9.17, 15) is 29.6 Å². The zero-order valence-corrected chi connectivity index (χ0v) is 23.3. The Morgan fingerprint density at radius 3 is 2.58 bits per heavy atom. The van der Waals surface area contributed by atoms with Crippen LogP contribution in [0.25, 0.3) is 0 Å². The number of nitrogens with zero attached hydrogens (tertiary/aromatic N) is 3. The zero-order valence-electron chi connectivity index (χ0n) is 22.4. The van der Waals surface area contributed by atoms with E-state index in [-0.39, 0.29) is 24.1 Å². The summed E-state index contributed by atoms with van der Waals surface area (Å²) in [5.74, 6) is -0.482. The second-order valence-corrected chi connectivity index (χ2v) is 11.0. The first-order chi connectivity index (χ1) is 19.0. The summed E-state index contributed by atoms with van der Waals surface area (Å²) < 4.78 is 36.5. The molecule has 15 heteroatoms. The molecule has 1 unspecified atom stereocenters. The molecule has 40 heavy (non-hydrogen) atoms. The monoisotopic (exact) mass is 579 g/mol. The van der Waals surface area contributed by atoms with Crippen LogP contribution in [0.4, 0.5) is 5.82 Å². The number of rotatable bonds is 13. The molecule has 0 radical (unpaired) electrons. The van der Waals surface area contributed by atoms with Gasteiger partial charge in [-0.15, -0.1) is 0 Å². The Kier molecular flexibility index (Phi) is 10.4. The number of carbonyl (C=O) groups excluding carboxylic acids is 1. The number of ether oxygens (including phenoxy) is 2. The number of esters is 1. The van der Waals surface area contributed by atoms with Gasteiger partial charge in [-0.3, -0.25) is 13.9 Å². The van der Waals surface area contributed by atoms with Gasteiger partial charge in [-0.1, -0.05) is 44.9 Å². The van der Waals surface area contributed by atoms with Crippen molar-refractivity contribution in [1.29, 1.82) is 5.26 Å². The van der Waals surface area contributed by atoms with Gasteiger partial charge >= 0.3 is 19.4 Å². The summed E-state index contributed by atoms with van der Waals surface area (Å²) in [7, 11) is -4.35. The molecule has 6 atom stereocenters. The van der Waals surface area contributed by atoms with Crippen LogP contribution in [-0.2, 0) is 29.1 Å². The first kappa shape index (κ1) is 31.2. The molecule has 0 saturated carbocycles. The molecule has 1 saturated heterocycles. The Balaban J connectivity index is 1.79. The van der Waals surface area contributed by atoms with Crippen molar-refractivity contribution < 1.29 is 38.1 Å². The van der Waals surface area contributed by atoms with Crippen molar-refractivity contribution in [3.63, 3.8) is 0 Å². The lowest BCUT2D eigenvalue weighted by Crippen LogP contribution is -2.49. The molecule has 0 aliphatic carbocycles. The van der Waals surface area contributed by atoms with Crippen LogP contribution in [0.3, 0.4) is 0 Å². The minimum atomic E-state index is -4.35. The third-order valence-corrected chi connectivity index (χ3v) is 8.12. The smallest absolute Gasteiger partial charge is 0.459 e. The average molecular weight is 580 g/mol. The van der Waals surface area contributed by atoms with Crippen molar-refractivity contribution in [1.82, 2.24) is 14.6 Å². The van der Waals surface area contributed by atoms with Crippen molar-refractivity contribution in [2.45, 2.75) is 63.7 Å². The number of hydrogen-bond donors (Lipinski definition) is 4. The van der Waals surface area contributed by atoms with Crippen LogP contribution in [0, 0.1) is 17.2 Å². The number of nitriles is 1. The summed E-state index contributed by atoms with van der Waals surface area (Å²) in [4.78, 5) is 28.5. The minimum Gasteiger partial charge on any atom is -0.464 e. The average Bonchev–Trinajstić information content (AvgIpc) is 3.18. The quantitative estimate of drug-likeness (QED) is 0.195. The first-order valence-electron chi connectivity index (χ1n) is 12.7. The molecule has 1 aliphatic rings. The maximum atomic E-state index is 13.8. The number of nitrogens with two attached hydrogens (primary N) is 1. The Labute approximate surface area is 231 Å². The fourth-order valence-electron chi connectivity index (χ4n) is 3.97. The number of benzene rings is 1. The molecular formula is C25H34N5O9P. The lowest BCUT2D eigenvalue weighted by Gasteiger charge is -2.26. The summed E-state index contributed by atoms with van der Waals surface area (Å²) in [5, 5.41) is 33.7. The number of para-hydroxylation sites is 1. The van der Waals surface area contributed by atoms with E-state index in [2.05, 4.69) is 10.1 Å². The van der Waals surface area contributed by atoms with Crippen molar-refractivity contribution in [2.75, 3.05) is 18.9 Å². The van der Waals surface area contributed by atoms with E-state index < -0.39 is 56.1 Å². The van der Waals surface area contributed by atoms with E-state index in [0.29, 0.717) is 4.57 Å². The van der Waals surface area contributed by atoms with Gasteiger partial charge in [0.15, 0.2) is 0 Å². The number of aliphatic hydroxyl groups is 2. The summed E-state index contributed by atoms with van der Waals surface area (Å²) in [6.45, 7) is 4.91. The molecule has 1 aromatic heterocycles. The molecule has 2 heterocycles. The number of carbonyl (C=O) groups is 1. The molecule has 2 aromatic rings. The van der Waals surface area contributed by atoms with Crippen LogP contribution in [0.5, 0.6) is 5.75 Å². The van der Waals surface area contributed by atoms with Gasteiger partial charge in [0.25, 0.3) is 5.72 Å². The Hall–Kier alpha value is -3.31. The van der Waals surface area contributed by atoms with E-state index >= 15 is 0 Å². The highest BCUT2D eigenvalue weighted by Crippen LogP contribution is 2.46. The lowest BCUT2D eigenvalue weighted by molar-refractivity contribution is -0.146. The van der Waals surface area contributed by atoms with Gasteiger partial charge in [-0.25, -0.2) is 9.36 Å². The van der Waals surface area contributed by atoms with Gasteiger partial charge in [0.05, 0.1) is 13.2 Å². The number of anilines is 1. The second kappa shape index (κ2) is 13.4. The highest BCUT2D eigenvalue weighted by Gasteiger charge is 2.57. The normalized spacial score (nSPS) is 24.7. The molecule has 3 rings (SSSR count). The van der Waals surface area contributed by atoms with Crippen molar-refractivity contribution in [3.05, 3.63) is 53.1 Å². The van der Waals surface area contributed by atoms with E-state index in [1.165, 1.54) is 25.1 Å². The first-order valence-corrected chi connectivity index (χ1v) is 14.3. The Bertz CT molecular complexity index is 1300. The van der Waals surface area contributed by atoms with E-state index in [1.54, 1.807) is 24.3 Å². The molecule has 1 fully saturated rings. The minimum absolute atomic E-state index is 0.125. The van der Waals surface area contributed by atoms with Crippen LogP contribution in [0.2, 0.25) is 0 Å². The predicted molar refractivity (Wildman–Crippen MR) is 142 cm³/mol. The largest absolute Gasteiger partial charge is 0.464 e. The van der Waals surface area contributed by atoms with Crippen LogP contribution < -0.4 is 21.0 Å². The molecule has 1 aliphatic heterocycles. The fraction of sp³-hybridized carbons (Fsp3) is 0.520.